The Bertz CT molecular complexity index is 527. The highest BCUT2D eigenvalue weighted by atomic mass is 16.5. The molecule has 1 aliphatic rings. The minimum absolute atomic E-state index is 0.0588. The standard InChI is InChI=1S/C19H30N2O3/c1-14-10-15(2)13-21(12-14)18(22)16-6-7-17(20-11-16)23-8-9-24-19(3,4)5/h6-7,11,14-15H,8-10,12-13H2,1-5H3. The van der Waals surface area contributed by atoms with Crippen LogP contribution in [0.3, 0.4) is 0 Å². The minimum Gasteiger partial charge on any atom is -0.475 e. The second-order valence-electron chi connectivity index (χ2n) is 7.85. The van der Waals surface area contributed by atoms with E-state index in [4.69, 9.17) is 9.47 Å². The molecule has 0 N–H and O–H groups in total. The minimum atomic E-state index is -0.171. The molecule has 1 fully saturated rings. The third-order valence-corrected chi connectivity index (χ3v) is 4.01. The molecule has 134 valence electrons. The fourth-order valence-corrected chi connectivity index (χ4v) is 3.10. The van der Waals surface area contributed by atoms with Gasteiger partial charge < -0.3 is 14.4 Å². The molecule has 0 saturated carbocycles. The van der Waals surface area contributed by atoms with Gasteiger partial charge in [0.25, 0.3) is 5.91 Å². The van der Waals surface area contributed by atoms with Crippen LogP contribution in [0.15, 0.2) is 18.3 Å². The highest BCUT2D eigenvalue weighted by Crippen LogP contribution is 2.22. The number of amides is 1. The monoisotopic (exact) mass is 334 g/mol. The van der Waals surface area contributed by atoms with E-state index in [1.807, 2.05) is 25.7 Å². The zero-order valence-electron chi connectivity index (χ0n) is 15.5. The molecule has 0 aliphatic carbocycles. The number of pyridine rings is 1. The Morgan fingerprint density at radius 2 is 1.88 bits per heavy atom. The Balaban J connectivity index is 1.86. The molecule has 5 nitrogen and oxygen atoms in total. The topological polar surface area (TPSA) is 51.7 Å². The Kier molecular flexibility index (Phi) is 6.21. The summed E-state index contributed by atoms with van der Waals surface area (Å²) in [6.45, 7) is 13.0. The highest BCUT2D eigenvalue weighted by molar-refractivity contribution is 5.94. The molecule has 24 heavy (non-hydrogen) atoms. The van der Waals surface area contributed by atoms with Gasteiger partial charge in [-0.3, -0.25) is 4.79 Å². The lowest BCUT2D eigenvalue weighted by Crippen LogP contribution is -2.42. The van der Waals surface area contributed by atoms with Gasteiger partial charge in [-0.2, -0.15) is 0 Å². The first-order chi connectivity index (χ1) is 11.2. The number of hydrogen-bond acceptors (Lipinski definition) is 4. The molecule has 2 heterocycles. The van der Waals surface area contributed by atoms with E-state index < -0.39 is 0 Å². The molecule has 1 aromatic heterocycles. The number of ether oxygens (including phenoxy) is 2. The van der Waals surface area contributed by atoms with E-state index in [9.17, 15) is 4.79 Å². The molecule has 2 atom stereocenters. The molecule has 1 aromatic rings. The highest BCUT2D eigenvalue weighted by Gasteiger charge is 2.26. The molecule has 1 saturated heterocycles. The lowest BCUT2D eigenvalue weighted by atomic mass is 9.91. The average molecular weight is 334 g/mol. The van der Waals surface area contributed by atoms with Crippen LogP contribution in [-0.2, 0) is 4.74 Å². The summed E-state index contributed by atoms with van der Waals surface area (Å²) < 4.78 is 11.2. The molecule has 0 bridgehead atoms. The smallest absolute Gasteiger partial charge is 0.255 e. The normalized spacial score (nSPS) is 21.6. The zero-order chi connectivity index (χ0) is 17.7. The first-order valence-electron chi connectivity index (χ1n) is 8.76. The number of nitrogens with zero attached hydrogens (tertiary/aromatic N) is 2. The summed E-state index contributed by atoms with van der Waals surface area (Å²) in [5.41, 5.74) is 0.449. The van der Waals surface area contributed by atoms with Crippen molar-refractivity contribution in [2.75, 3.05) is 26.3 Å². The summed E-state index contributed by atoms with van der Waals surface area (Å²) in [6, 6.07) is 3.54. The predicted molar refractivity (Wildman–Crippen MR) is 94.3 cm³/mol. The van der Waals surface area contributed by atoms with E-state index in [2.05, 4.69) is 18.8 Å². The van der Waals surface area contributed by atoms with Crippen molar-refractivity contribution in [2.24, 2.45) is 11.8 Å². The molecule has 1 amide bonds. The van der Waals surface area contributed by atoms with Crippen molar-refractivity contribution in [1.82, 2.24) is 9.88 Å². The molecule has 2 rings (SSSR count). The Morgan fingerprint density at radius 1 is 1.21 bits per heavy atom. The third-order valence-electron chi connectivity index (χ3n) is 4.01. The quantitative estimate of drug-likeness (QED) is 0.775. The molecular formula is C19H30N2O3. The molecule has 0 aromatic carbocycles. The van der Waals surface area contributed by atoms with Crippen molar-refractivity contribution < 1.29 is 14.3 Å². The van der Waals surface area contributed by atoms with Crippen LogP contribution in [0, 0.1) is 11.8 Å². The van der Waals surface area contributed by atoms with Crippen LogP contribution in [0.5, 0.6) is 5.88 Å². The second kappa shape index (κ2) is 7.97. The summed E-state index contributed by atoms with van der Waals surface area (Å²) >= 11 is 0. The number of carbonyl (C=O) groups is 1. The molecule has 1 aliphatic heterocycles. The average Bonchev–Trinajstić information content (AvgIpc) is 2.49. The molecular weight excluding hydrogens is 304 g/mol. The third kappa shape index (κ3) is 5.78. The van der Waals surface area contributed by atoms with Crippen molar-refractivity contribution in [3.63, 3.8) is 0 Å². The van der Waals surface area contributed by atoms with E-state index >= 15 is 0 Å². The van der Waals surface area contributed by atoms with Gasteiger partial charge in [-0.1, -0.05) is 13.8 Å². The van der Waals surface area contributed by atoms with Gasteiger partial charge in [0.1, 0.15) is 6.61 Å². The van der Waals surface area contributed by atoms with E-state index in [1.165, 1.54) is 6.42 Å². The van der Waals surface area contributed by atoms with Crippen molar-refractivity contribution in [2.45, 2.75) is 46.6 Å². The number of likely N-dealkylation sites (tertiary alicyclic amines) is 1. The summed E-state index contributed by atoms with van der Waals surface area (Å²) in [4.78, 5) is 18.8. The van der Waals surface area contributed by atoms with Crippen LogP contribution in [0.1, 0.15) is 51.4 Å². The van der Waals surface area contributed by atoms with E-state index in [0.717, 1.165) is 13.1 Å². The fourth-order valence-electron chi connectivity index (χ4n) is 3.10. The molecule has 5 heteroatoms. The summed E-state index contributed by atoms with van der Waals surface area (Å²) in [5.74, 6) is 1.68. The van der Waals surface area contributed by atoms with Gasteiger partial charge in [-0.25, -0.2) is 4.98 Å². The molecule has 0 spiro atoms. The predicted octanol–water partition coefficient (Wildman–Crippen LogP) is 3.39. The van der Waals surface area contributed by atoms with Gasteiger partial charge in [-0.05, 0) is 45.1 Å². The maximum atomic E-state index is 12.6. The van der Waals surface area contributed by atoms with Crippen molar-refractivity contribution >= 4 is 5.91 Å². The van der Waals surface area contributed by atoms with Crippen LogP contribution in [-0.4, -0.2) is 47.7 Å². The van der Waals surface area contributed by atoms with Gasteiger partial charge in [0, 0.05) is 25.4 Å². The largest absolute Gasteiger partial charge is 0.475 e. The SMILES string of the molecule is CC1CC(C)CN(C(=O)c2ccc(OCCOC(C)(C)C)nc2)C1. The van der Waals surface area contributed by atoms with Crippen LogP contribution in [0.2, 0.25) is 0 Å². The van der Waals surface area contributed by atoms with E-state index in [1.54, 1.807) is 18.3 Å². The summed E-state index contributed by atoms with van der Waals surface area (Å²) in [7, 11) is 0. The first kappa shape index (κ1) is 18.7. The molecule has 0 radical (unpaired) electrons. The first-order valence-corrected chi connectivity index (χ1v) is 8.76. The van der Waals surface area contributed by atoms with Gasteiger partial charge in [0.15, 0.2) is 0 Å². The number of hydrogen-bond donors (Lipinski definition) is 0. The second-order valence-corrected chi connectivity index (χ2v) is 7.85. The van der Waals surface area contributed by atoms with Crippen LogP contribution in [0.25, 0.3) is 0 Å². The lowest BCUT2D eigenvalue weighted by Gasteiger charge is -2.35. The lowest BCUT2D eigenvalue weighted by molar-refractivity contribution is -0.0168. The van der Waals surface area contributed by atoms with Crippen LogP contribution >= 0.6 is 0 Å². The van der Waals surface area contributed by atoms with Crippen molar-refractivity contribution in [3.8, 4) is 5.88 Å². The van der Waals surface area contributed by atoms with E-state index in [0.29, 0.717) is 36.5 Å². The van der Waals surface area contributed by atoms with Crippen molar-refractivity contribution in [3.05, 3.63) is 23.9 Å². The maximum absolute atomic E-state index is 12.6. The number of carbonyl (C=O) groups excluding carboxylic acids is 1. The number of rotatable bonds is 5. The van der Waals surface area contributed by atoms with E-state index in [-0.39, 0.29) is 11.5 Å². The van der Waals surface area contributed by atoms with Crippen molar-refractivity contribution in [1.29, 1.82) is 0 Å². The van der Waals surface area contributed by atoms with Gasteiger partial charge >= 0.3 is 0 Å². The molecule has 2 unspecified atom stereocenters. The zero-order valence-corrected chi connectivity index (χ0v) is 15.5. The summed E-state index contributed by atoms with van der Waals surface area (Å²) in [5, 5.41) is 0. The van der Waals surface area contributed by atoms with Gasteiger partial charge in [0.05, 0.1) is 17.8 Å². The Hall–Kier alpha value is -1.62. The van der Waals surface area contributed by atoms with Crippen LogP contribution < -0.4 is 4.74 Å². The Labute approximate surface area is 145 Å². The fraction of sp³-hybridized carbons (Fsp3) is 0.684. The number of piperidine rings is 1. The summed E-state index contributed by atoms with van der Waals surface area (Å²) in [6.07, 6.45) is 2.79. The number of aromatic nitrogens is 1. The Morgan fingerprint density at radius 3 is 2.42 bits per heavy atom. The van der Waals surface area contributed by atoms with Gasteiger partial charge in [-0.15, -0.1) is 0 Å². The van der Waals surface area contributed by atoms with Crippen LogP contribution in [0.4, 0.5) is 0 Å². The maximum Gasteiger partial charge on any atom is 0.255 e. The van der Waals surface area contributed by atoms with Gasteiger partial charge in [0.2, 0.25) is 5.88 Å².